The molecule has 0 aliphatic carbocycles. The fourth-order valence-corrected chi connectivity index (χ4v) is 1.79. The number of hydrogen-bond donors (Lipinski definition) is 2. The molecule has 0 fully saturated rings. The van der Waals surface area contributed by atoms with Gasteiger partial charge in [-0.15, -0.1) is 0 Å². The van der Waals surface area contributed by atoms with Gasteiger partial charge in [-0.05, 0) is 13.3 Å². The fraction of sp³-hybridized carbons (Fsp3) is 0.400. The van der Waals surface area contributed by atoms with Crippen molar-refractivity contribution in [2.24, 2.45) is 5.73 Å². The second-order valence-corrected chi connectivity index (χ2v) is 4.01. The van der Waals surface area contributed by atoms with Crippen LogP contribution in [0.2, 0.25) is 5.02 Å². The van der Waals surface area contributed by atoms with Gasteiger partial charge in [0.25, 0.3) is 0 Å². The molecular formula is C10H12ClNO3. The van der Waals surface area contributed by atoms with E-state index in [1.807, 2.05) is 6.92 Å². The van der Waals surface area contributed by atoms with Gasteiger partial charge in [-0.1, -0.05) is 11.6 Å². The van der Waals surface area contributed by atoms with Gasteiger partial charge in [-0.2, -0.15) is 0 Å². The molecule has 82 valence electrons. The van der Waals surface area contributed by atoms with Gasteiger partial charge in [0.05, 0.1) is 5.02 Å². The lowest BCUT2D eigenvalue weighted by molar-refractivity contribution is 0.173. The van der Waals surface area contributed by atoms with Crippen molar-refractivity contribution >= 4 is 11.6 Å². The maximum Gasteiger partial charge on any atom is 0.231 e. The summed E-state index contributed by atoms with van der Waals surface area (Å²) in [6.07, 6.45) is 0.498. The van der Waals surface area contributed by atoms with E-state index in [9.17, 15) is 5.11 Å². The molecule has 1 atom stereocenters. The van der Waals surface area contributed by atoms with Crippen molar-refractivity contribution in [2.75, 3.05) is 6.79 Å². The van der Waals surface area contributed by atoms with E-state index in [1.165, 1.54) is 0 Å². The van der Waals surface area contributed by atoms with Crippen molar-refractivity contribution in [3.8, 4) is 17.2 Å². The predicted molar refractivity (Wildman–Crippen MR) is 56.6 cm³/mol. The molecule has 0 saturated heterocycles. The molecule has 0 saturated carbocycles. The quantitative estimate of drug-likeness (QED) is 0.810. The zero-order chi connectivity index (χ0) is 11.0. The Morgan fingerprint density at radius 2 is 2.33 bits per heavy atom. The van der Waals surface area contributed by atoms with Crippen LogP contribution in [0.1, 0.15) is 12.5 Å². The number of fused-ring (bicyclic) bond motifs is 1. The third kappa shape index (κ3) is 1.82. The molecule has 0 amide bonds. The number of phenolic OH excluding ortho intramolecular Hbond substituents is 1. The molecule has 0 bridgehead atoms. The number of rotatable bonds is 2. The standard InChI is InChI=1S/C10H12ClNO3/c1-5(12)2-6-9(13)7(11)3-8-10(6)15-4-14-8/h3,5,13H,2,4,12H2,1H3. The van der Waals surface area contributed by atoms with Gasteiger partial charge in [0, 0.05) is 17.7 Å². The van der Waals surface area contributed by atoms with Crippen molar-refractivity contribution in [3.05, 3.63) is 16.7 Å². The molecule has 1 aromatic carbocycles. The number of ether oxygens (including phenoxy) is 2. The van der Waals surface area contributed by atoms with Gasteiger partial charge in [0.1, 0.15) is 5.75 Å². The van der Waals surface area contributed by atoms with Crippen molar-refractivity contribution in [1.29, 1.82) is 0 Å². The summed E-state index contributed by atoms with van der Waals surface area (Å²) >= 11 is 5.85. The number of hydrogen-bond acceptors (Lipinski definition) is 4. The van der Waals surface area contributed by atoms with Crippen LogP contribution in [0, 0.1) is 0 Å². The number of benzene rings is 1. The second-order valence-electron chi connectivity index (χ2n) is 3.60. The van der Waals surface area contributed by atoms with Crippen molar-refractivity contribution in [1.82, 2.24) is 0 Å². The lowest BCUT2D eigenvalue weighted by atomic mass is 10.0. The van der Waals surface area contributed by atoms with E-state index in [4.69, 9.17) is 26.8 Å². The maximum absolute atomic E-state index is 9.79. The zero-order valence-corrected chi connectivity index (χ0v) is 9.04. The zero-order valence-electron chi connectivity index (χ0n) is 8.29. The van der Waals surface area contributed by atoms with E-state index in [2.05, 4.69) is 0 Å². The van der Waals surface area contributed by atoms with E-state index in [0.717, 1.165) is 0 Å². The smallest absolute Gasteiger partial charge is 0.231 e. The Kier molecular flexibility index (Phi) is 2.63. The highest BCUT2D eigenvalue weighted by Gasteiger charge is 2.24. The number of phenols is 1. The Labute approximate surface area is 92.5 Å². The Hall–Kier alpha value is -1.13. The van der Waals surface area contributed by atoms with Crippen LogP contribution < -0.4 is 15.2 Å². The van der Waals surface area contributed by atoms with Gasteiger partial charge >= 0.3 is 0 Å². The van der Waals surface area contributed by atoms with Crippen LogP contribution in [0.25, 0.3) is 0 Å². The van der Waals surface area contributed by atoms with Gasteiger partial charge < -0.3 is 20.3 Å². The number of aromatic hydroxyl groups is 1. The summed E-state index contributed by atoms with van der Waals surface area (Å²) in [5.74, 6) is 1.14. The fourth-order valence-electron chi connectivity index (χ4n) is 1.58. The average molecular weight is 230 g/mol. The molecule has 0 aromatic heterocycles. The van der Waals surface area contributed by atoms with Crippen LogP contribution in [0.3, 0.4) is 0 Å². The first-order chi connectivity index (χ1) is 7.09. The highest BCUT2D eigenvalue weighted by atomic mass is 35.5. The first-order valence-corrected chi connectivity index (χ1v) is 5.03. The first-order valence-electron chi connectivity index (χ1n) is 4.65. The predicted octanol–water partition coefficient (Wildman–Crippen LogP) is 1.66. The van der Waals surface area contributed by atoms with Crippen LogP contribution in [0.5, 0.6) is 17.2 Å². The summed E-state index contributed by atoms with van der Waals surface area (Å²) in [7, 11) is 0. The molecule has 1 aromatic rings. The summed E-state index contributed by atoms with van der Waals surface area (Å²) < 4.78 is 10.5. The van der Waals surface area contributed by atoms with Gasteiger partial charge in [-0.25, -0.2) is 0 Å². The van der Waals surface area contributed by atoms with Crippen molar-refractivity contribution < 1.29 is 14.6 Å². The minimum absolute atomic E-state index is 0.0261. The molecule has 4 nitrogen and oxygen atoms in total. The highest BCUT2D eigenvalue weighted by molar-refractivity contribution is 6.32. The Bertz CT molecular complexity index is 393. The van der Waals surface area contributed by atoms with Crippen LogP contribution in [-0.4, -0.2) is 17.9 Å². The third-order valence-corrected chi connectivity index (χ3v) is 2.50. The summed E-state index contributed by atoms with van der Waals surface area (Å²) in [6.45, 7) is 2.00. The van der Waals surface area contributed by atoms with Crippen LogP contribution in [0.15, 0.2) is 6.07 Å². The highest BCUT2D eigenvalue weighted by Crippen LogP contribution is 2.45. The van der Waals surface area contributed by atoms with E-state index in [1.54, 1.807) is 6.07 Å². The molecular weight excluding hydrogens is 218 g/mol. The molecule has 1 heterocycles. The Morgan fingerprint density at radius 1 is 1.60 bits per heavy atom. The van der Waals surface area contributed by atoms with E-state index < -0.39 is 0 Å². The molecule has 0 radical (unpaired) electrons. The monoisotopic (exact) mass is 229 g/mol. The minimum Gasteiger partial charge on any atom is -0.506 e. The molecule has 2 rings (SSSR count). The molecule has 0 spiro atoms. The Morgan fingerprint density at radius 3 is 3.00 bits per heavy atom. The second kappa shape index (κ2) is 3.79. The molecule has 3 N–H and O–H groups in total. The molecule has 1 unspecified atom stereocenters. The third-order valence-electron chi connectivity index (χ3n) is 2.21. The van der Waals surface area contributed by atoms with E-state index in [0.29, 0.717) is 23.5 Å². The van der Waals surface area contributed by atoms with Crippen LogP contribution >= 0.6 is 11.6 Å². The normalized spacial score (nSPS) is 15.4. The van der Waals surface area contributed by atoms with Crippen LogP contribution in [0.4, 0.5) is 0 Å². The lowest BCUT2D eigenvalue weighted by Crippen LogP contribution is -2.18. The van der Waals surface area contributed by atoms with Crippen molar-refractivity contribution in [3.63, 3.8) is 0 Å². The van der Waals surface area contributed by atoms with Gasteiger partial charge in [0.15, 0.2) is 11.5 Å². The van der Waals surface area contributed by atoms with Gasteiger partial charge in [-0.3, -0.25) is 0 Å². The maximum atomic E-state index is 9.79. The summed E-state index contributed by atoms with van der Waals surface area (Å²) in [4.78, 5) is 0. The van der Waals surface area contributed by atoms with Crippen LogP contribution in [-0.2, 0) is 6.42 Å². The number of halogens is 1. The molecule has 15 heavy (non-hydrogen) atoms. The average Bonchev–Trinajstić information content (AvgIpc) is 2.59. The molecule has 5 heteroatoms. The topological polar surface area (TPSA) is 64.7 Å². The summed E-state index contributed by atoms with van der Waals surface area (Å²) in [5, 5.41) is 10.0. The summed E-state index contributed by atoms with van der Waals surface area (Å²) in [5.41, 5.74) is 6.30. The molecule has 1 aliphatic rings. The van der Waals surface area contributed by atoms with E-state index >= 15 is 0 Å². The molecule has 1 aliphatic heterocycles. The number of nitrogens with two attached hydrogens (primary N) is 1. The largest absolute Gasteiger partial charge is 0.506 e. The minimum atomic E-state index is -0.0809. The van der Waals surface area contributed by atoms with Gasteiger partial charge in [0.2, 0.25) is 6.79 Å². The summed E-state index contributed by atoms with van der Waals surface area (Å²) in [6, 6.07) is 1.46. The van der Waals surface area contributed by atoms with E-state index in [-0.39, 0.29) is 23.6 Å². The van der Waals surface area contributed by atoms with Crippen molar-refractivity contribution in [2.45, 2.75) is 19.4 Å². The Balaban J connectivity index is 2.50. The SMILES string of the molecule is CC(N)Cc1c(O)c(Cl)cc2c1OCO2. The lowest BCUT2D eigenvalue weighted by Gasteiger charge is -2.11. The first kappa shape index (κ1) is 10.4.